The molecule has 0 bridgehead atoms. The van der Waals surface area contributed by atoms with Gasteiger partial charge in [0.2, 0.25) is 0 Å². The predicted octanol–water partition coefficient (Wildman–Crippen LogP) is 5.03. The van der Waals surface area contributed by atoms with Gasteiger partial charge in [0.1, 0.15) is 5.75 Å². The van der Waals surface area contributed by atoms with Crippen molar-refractivity contribution in [2.24, 2.45) is 5.92 Å². The Morgan fingerprint density at radius 1 is 0.893 bits per heavy atom. The van der Waals surface area contributed by atoms with E-state index in [0.29, 0.717) is 0 Å². The van der Waals surface area contributed by atoms with Crippen LogP contribution in [-0.2, 0) is 0 Å². The van der Waals surface area contributed by atoms with Gasteiger partial charge < -0.3 is 14.5 Å². The van der Waals surface area contributed by atoms with Crippen molar-refractivity contribution in [2.75, 3.05) is 42.6 Å². The van der Waals surface area contributed by atoms with Crippen molar-refractivity contribution >= 4 is 17.2 Å². The van der Waals surface area contributed by atoms with E-state index in [0.717, 1.165) is 56.4 Å². The maximum Gasteiger partial charge on any atom is 0.159 e. The van der Waals surface area contributed by atoms with E-state index in [1.54, 1.807) is 6.92 Å². The minimum atomic E-state index is 0.115. The number of carbonyl (C=O) groups is 1. The van der Waals surface area contributed by atoms with Gasteiger partial charge in [0.25, 0.3) is 0 Å². The first kappa shape index (κ1) is 20.2. The Morgan fingerprint density at radius 2 is 1.39 bits per heavy atom. The average Bonchev–Trinajstić information content (AvgIpc) is 2.72. The molecule has 4 nitrogen and oxygen atoms in total. The van der Waals surface area contributed by atoms with Crippen molar-refractivity contribution in [3.05, 3.63) is 54.1 Å². The molecule has 1 saturated heterocycles. The number of hydrogen-bond acceptors (Lipinski definition) is 4. The Morgan fingerprint density at radius 3 is 1.86 bits per heavy atom. The molecule has 1 aliphatic heterocycles. The van der Waals surface area contributed by atoms with Crippen molar-refractivity contribution < 1.29 is 9.53 Å². The Hall–Kier alpha value is -2.49. The standard InChI is InChI=1S/C24H32N2O2/c1-19(2)5-4-18-28-24-12-10-23(11-13-24)26-16-14-25(15-17-26)22-8-6-21(7-9-22)20(3)27/h6-13,19H,4-5,14-18H2,1-3H3. The van der Waals surface area contributed by atoms with Crippen molar-refractivity contribution in [3.8, 4) is 5.75 Å². The van der Waals surface area contributed by atoms with Gasteiger partial charge in [-0.05, 0) is 74.2 Å². The summed E-state index contributed by atoms with van der Waals surface area (Å²) in [6.07, 6.45) is 2.31. The van der Waals surface area contributed by atoms with Gasteiger partial charge in [-0.3, -0.25) is 4.79 Å². The molecule has 4 heteroatoms. The summed E-state index contributed by atoms with van der Waals surface area (Å²) in [6, 6.07) is 16.4. The number of ketones is 1. The van der Waals surface area contributed by atoms with E-state index in [-0.39, 0.29) is 5.78 Å². The van der Waals surface area contributed by atoms with Crippen LogP contribution in [0, 0.1) is 5.92 Å². The smallest absolute Gasteiger partial charge is 0.159 e. The summed E-state index contributed by atoms with van der Waals surface area (Å²) in [5.74, 6) is 1.80. The maximum absolute atomic E-state index is 11.4. The third-order valence-electron chi connectivity index (χ3n) is 5.32. The molecule has 0 radical (unpaired) electrons. The molecule has 0 N–H and O–H groups in total. The number of benzene rings is 2. The lowest BCUT2D eigenvalue weighted by molar-refractivity contribution is 0.101. The van der Waals surface area contributed by atoms with Gasteiger partial charge in [0, 0.05) is 43.1 Å². The number of nitrogens with zero attached hydrogens (tertiary/aromatic N) is 2. The third-order valence-corrected chi connectivity index (χ3v) is 5.32. The van der Waals surface area contributed by atoms with Gasteiger partial charge in [-0.2, -0.15) is 0 Å². The number of rotatable bonds is 8. The topological polar surface area (TPSA) is 32.8 Å². The first-order chi connectivity index (χ1) is 13.5. The van der Waals surface area contributed by atoms with E-state index in [2.05, 4.69) is 60.0 Å². The summed E-state index contributed by atoms with van der Waals surface area (Å²) in [4.78, 5) is 16.2. The van der Waals surface area contributed by atoms with E-state index in [4.69, 9.17) is 4.74 Å². The molecule has 1 fully saturated rings. The SMILES string of the molecule is CC(=O)c1ccc(N2CCN(c3ccc(OCCCC(C)C)cc3)CC2)cc1. The number of carbonyl (C=O) groups excluding carboxylic acids is 1. The highest BCUT2D eigenvalue weighted by Crippen LogP contribution is 2.23. The molecule has 0 saturated carbocycles. The Bertz CT molecular complexity index is 745. The zero-order valence-electron chi connectivity index (χ0n) is 17.4. The van der Waals surface area contributed by atoms with Crippen molar-refractivity contribution in [1.82, 2.24) is 0 Å². The Balaban J connectivity index is 1.48. The summed E-state index contributed by atoms with van der Waals surface area (Å²) in [5.41, 5.74) is 3.21. The van der Waals surface area contributed by atoms with Crippen LogP contribution in [-0.4, -0.2) is 38.6 Å². The number of anilines is 2. The van der Waals surface area contributed by atoms with Crippen LogP contribution in [0.3, 0.4) is 0 Å². The van der Waals surface area contributed by atoms with E-state index in [1.165, 1.54) is 17.8 Å². The van der Waals surface area contributed by atoms with Crippen LogP contribution in [0.25, 0.3) is 0 Å². The molecule has 0 atom stereocenters. The Labute approximate surface area is 169 Å². The lowest BCUT2D eigenvalue weighted by atomic mass is 10.1. The number of hydrogen-bond donors (Lipinski definition) is 0. The second-order valence-electron chi connectivity index (χ2n) is 7.96. The molecule has 0 spiro atoms. The summed E-state index contributed by atoms with van der Waals surface area (Å²) in [7, 11) is 0. The second kappa shape index (κ2) is 9.63. The highest BCUT2D eigenvalue weighted by atomic mass is 16.5. The molecule has 0 aromatic heterocycles. The lowest BCUT2D eigenvalue weighted by Crippen LogP contribution is -2.46. The van der Waals surface area contributed by atoms with Gasteiger partial charge in [0.15, 0.2) is 5.78 Å². The molecule has 1 heterocycles. The van der Waals surface area contributed by atoms with Crippen LogP contribution in [0.15, 0.2) is 48.5 Å². The third kappa shape index (κ3) is 5.51. The van der Waals surface area contributed by atoms with Crippen LogP contribution < -0.4 is 14.5 Å². The quantitative estimate of drug-likeness (QED) is 0.475. The molecule has 3 rings (SSSR count). The first-order valence-electron chi connectivity index (χ1n) is 10.4. The highest BCUT2D eigenvalue weighted by molar-refractivity contribution is 5.94. The van der Waals surface area contributed by atoms with E-state index >= 15 is 0 Å². The molecule has 2 aromatic rings. The van der Waals surface area contributed by atoms with Crippen molar-refractivity contribution in [3.63, 3.8) is 0 Å². The molecule has 150 valence electrons. The predicted molar refractivity (Wildman–Crippen MR) is 117 cm³/mol. The molecule has 28 heavy (non-hydrogen) atoms. The monoisotopic (exact) mass is 380 g/mol. The van der Waals surface area contributed by atoms with Gasteiger partial charge in [-0.25, -0.2) is 0 Å². The fraction of sp³-hybridized carbons (Fsp3) is 0.458. The first-order valence-corrected chi connectivity index (χ1v) is 10.4. The van der Waals surface area contributed by atoms with Crippen molar-refractivity contribution in [1.29, 1.82) is 0 Å². The molecular formula is C24H32N2O2. The van der Waals surface area contributed by atoms with Gasteiger partial charge >= 0.3 is 0 Å². The summed E-state index contributed by atoms with van der Waals surface area (Å²) in [6.45, 7) is 10.8. The van der Waals surface area contributed by atoms with E-state index in [1.807, 2.05) is 12.1 Å². The van der Waals surface area contributed by atoms with Gasteiger partial charge in [0.05, 0.1) is 6.61 Å². The minimum Gasteiger partial charge on any atom is -0.494 e. The van der Waals surface area contributed by atoms with Crippen LogP contribution in [0.4, 0.5) is 11.4 Å². The van der Waals surface area contributed by atoms with E-state index in [9.17, 15) is 4.79 Å². The van der Waals surface area contributed by atoms with E-state index < -0.39 is 0 Å². The van der Waals surface area contributed by atoms with Gasteiger partial charge in [-0.1, -0.05) is 13.8 Å². The van der Waals surface area contributed by atoms with Crippen LogP contribution >= 0.6 is 0 Å². The van der Waals surface area contributed by atoms with Crippen LogP contribution in [0.1, 0.15) is 44.0 Å². The zero-order chi connectivity index (χ0) is 19.9. The summed E-state index contributed by atoms with van der Waals surface area (Å²) in [5, 5.41) is 0. The van der Waals surface area contributed by atoms with Crippen LogP contribution in [0.5, 0.6) is 5.75 Å². The number of piperazine rings is 1. The molecule has 0 amide bonds. The summed E-state index contributed by atoms with van der Waals surface area (Å²) >= 11 is 0. The maximum atomic E-state index is 11.4. The fourth-order valence-corrected chi connectivity index (χ4v) is 3.56. The number of ether oxygens (including phenoxy) is 1. The molecular weight excluding hydrogens is 348 g/mol. The normalized spacial score (nSPS) is 14.4. The zero-order valence-corrected chi connectivity index (χ0v) is 17.4. The minimum absolute atomic E-state index is 0.115. The molecule has 1 aliphatic rings. The van der Waals surface area contributed by atoms with Gasteiger partial charge in [-0.15, -0.1) is 0 Å². The fourth-order valence-electron chi connectivity index (χ4n) is 3.56. The lowest BCUT2D eigenvalue weighted by Gasteiger charge is -2.37. The second-order valence-corrected chi connectivity index (χ2v) is 7.96. The largest absolute Gasteiger partial charge is 0.494 e. The molecule has 0 unspecified atom stereocenters. The van der Waals surface area contributed by atoms with Crippen molar-refractivity contribution in [2.45, 2.75) is 33.6 Å². The average molecular weight is 381 g/mol. The highest BCUT2D eigenvalue weighted by Gasteiger charge is 2.17. The number of Topliss-reactive ketones (excluding diaryl/α,β-unsaturated/α-hetero) is 1. The molecule has 0 aliphatic carbocycles. The Kier molecular flexibility index (Phi) is 6.96. The molecule has 2 aromatic carbocycles. The van der Waals surface area contributed by atoms with Crippen LogP contribution in [0.2, 0.25) is 0 Å². The summed E-state index contributed by atoms with van der Waals surface area (Å²) < 4.78 is 5.85.